The maximum atomic E-state index is 11.8. The quantitative estimate of drug-likeness (QED) is 0.490. The minimum atomic E-state index is -0.304. The number of carbonyl (C=O) groups is 2. The molecule has 0 saturated heterocycles. The van der Waals surface area contributed by atoms with Crippen LogP contribution < -0.4 is 21.5 Å². The molecule has 0 heterocycles. The van der Waals surface area contributed by atoms with E-state index in [1.54, 1.807) is 24.3 Å². The first-order valence-corrected chi connectivity index (χ1v) is 7.21. The molecule has 1 rings (SSSR count). The molecule has 0 aliphatic rings. The maximum absolute atomic E-state index is 11.8. The zero-order valence-electron chi connectivity index (χ0n) is 12.2. The van der Waals surface area contributed by atoms with Crippen molar-refractivity contribution in [2.45, 2.75) is 26.7 Å². The number of nitrogens with one attached hydrogen (secondary N) is 4. The van der Waals surface area contributed by atoms with Crippen molar-refractivity contribution in [3.05, 3.63) is 29.8 Å². The van der Waals surface area contributed by atoms with E-state index in [1.165, 1.54) is 0 Å². The van der Waals surface area contributed by atoms with Gasteiger partial charge in [0.05, 0.1) is 0 Å². The van der Waals surface area contributed by atoms with Crippen LogP contribution in [0, 0.1) is 0 Å². The highest BCUT2D eigenvalue weighted by atomic mass is 32.1. The second-order valence-corrected chi connectivity index (χ2v) is 4.72. The smallest absolute Gasteiger partial charge is 0.269 e. The van der Waals surface area contributed by atoms with E-state index >= 15 is 0 Å². The van der Waals surface area contributed by atoms with Crippen molar-refractivity contribution in [2.24, 2.45) is 0 Å². The lowest BCUT2D eigenvalue weighted by Crippen LogP contribution is -2.46. The Morgan fingerprint density at radius 3 is 2.33 bits per heavy atom. The van der Waals surface area contributed by atoms with Crippen LogP contribution in [0.1, 0.15) is 37.0 Å². The molecule has 0 aliphatic carbocycles. The van der Waals surface area contributed by atoms with Crippen LogP contribution in [-0.2, 0) is 4.79 Å². The van der Waals surface area contributed by atoms with Gasteiger partial charge in [-0.25, -0.2) is 0 Å². The van der Waals surface area contributed by atoms with E-state index in [0.717, 1.165) is 6.42 Å². The van der Waals surface area contributed by atoms with Gasteiger partial charge in [-0.05, 0) is 49.8 Å². The van der Waals surface area contributed by atoms with Gasteiger partial charge in [-0.1, -0.05) is 6.92 Å². The topological polar surface area (TPSA) is 82.3 Å². The SMILES string of the molecule is CCCC(=O)Nc1ccc(C(=O)NNC(=S)NCC)cc1. The minimum Gasteiger partial charge on any atom is -0.362 e. The highest BCUT2D eigenvalue weighted by Crippen LogP contribution is 2.10. The van der Waals surface area contributed by atoms with E-state index in [-0.39, 0.29) is 11.8 Å². The van der Waals surface area contributed by atoms with Gasteiger partial charge in [-0.15, -0.1) is 0 Å². The molecule has 0 unspecified atom stereocenters. The fraction of sp³-hybridized carbons (Fsp3) is 0.357. The molecule has 0 aliphatic heterocycles. The highest BCUT2D eigenvalue weighted by molar-refractivity contribution is 7.80. The lowest BCUT2D eigenvalue weighted by atomic mass is 10.2. The molecule has 0 fully saturated rings. The normalized spacial score (nSPS) is 9.62. The van der Waals surface area contributed by atoms with Gasteiger partial charge in [-0.3, -0.25) is 20.4 Å². The third-order valence-corrected chi connectivity index (χ3v) is 2.78. The number of carbonyl (C=O) groups excluding carboxylic acids is 2. The van der Waals surface area contributed by atoms with Crippen molar-refractivity contribution in [1.29, 1.82) is 0 Å². The summed E-state index contributed by atoms with van der Waals surface area (Å²) >= 11 is 4.93. The van der Waals surface area contributed by atoms with Crippen molar-refractivity contribution in [1.82, 2.24) is 16.2 Å². The van der Waals surface area contributed by atoms with Crippen LogP contribution >= 0.6 is 12.2 Å². The van der Waals surface area contributed by atoms with E-state index in [0.29, 0.717) is 29.3 Å². The van der Waals surface area contributed by atoms with E-state index in [9.17, 15) is 9.59 Å². The number of benzene rings is 1. The third-order valence-electron chi connectivity index (χ3n) is 2.53. The van der Waals surface area contributed by atoms with Gasteiger partial charge in [0.15, 0.2) is 5.11 Å². The van der Waals surface area contributed by atoms with Crippen molar-refractivity contribution < 1.29 is 9.59 Å². The fourth-order valence-corrected chi connectivity index (χ4v) is 1.74. The van der Waals surface area contributed by atoms with Crippen LogP contribution in [0.25, 0.3) is 0 Å². The summed E-state index contributed by atoms with van der Waals surface area (Å²) in [6, 6.07) is 6.64. The Kier molecular flexibility index (Phi) is 7.17. The molecule has 7 heteroatoms. The number of anilines is 1. The van der Waals surface area contributed by atoms with Crippen molar-refractivity contribution >= 4 is 34.8 Å². The van der Waals surface area contributed by atoms with Crippen LogP contribution in [0.15, 0.2) is 24.3 Å². The standard InChI is InChI=1S/C14H20N4O2S/c1-3-5-12(19)16-11-8-6-10(7-9-11)13(20)17-18-14(21)15-4-2/h6-9H,3-5H2,1-2H3,(H,16,19)(H,17,20)(H2,15,18,21). The largest absolute Gasteiger partial charge is 0.362 e. The van der Waals surface area contributed by atoms with E-state index < -0.39 is 0 Å². The van der Waals surface area contributed by atoms with Crippen LogP contribution in [0.4, 0.5) is 5.69 Å². The summed E-state index contributed by atoms with van der Waals surface area (Å²) in [7, 11) is 0. The predicted octanol–water partition coefficient (Wildman–Crippen LogP) is 1.55. The number of rotatable bonds is 5. The molecule has 6 nitrogen and oxygen atoms in total. The summed E-state index contributed by atoms with van der Waals surface area (Å²) in [4.78, 5) is 23.3. The van der Waals surface area contributed by atoms with Gasteiger partial charge in [0.25, 0.3) is 5.91 Å². The van der Waals surface area contributed by atoms with Crippen molar-refractivity contribution in [3.8, 4) is 0 Å². The van der Waals surface area contributed by atoms with Crippen LogP contribution in [0.2, 0.25) is 0 Å². The third kappa shape index (κ3) is 6.22. The van der Waals surface area contributed by atoms with E-state index in [1.807, 2.05) is 13.8 Å². The number of amides is 2. The Labute approximate surface area is 129 Å². The zero-order chi connectivity index (χ0) is 15.7. The molecule has 0 aromatic heterocycles. The maximum Gasteiger partial charge on any atom is 0.269 e. The summed E-state index contributed by atoms with van der Waals surface area (Å²) < 4.78 is 0. The van der Waals surface area contributed by atoms with Crippen LogP contribution in [-0.4, -0.2) is 23.5 Å². The highest BCUT2D eigenvalue weighted by Gasteiger charge is 2.06. The number of hydrogen-bond acceptors (Lipinski definition) is 3. The van der Waals surface area contributed by atoms with Gasteiger partial charge >= 0.3 is 0 Å². The van der Waals surface area contributed by atoms with Crippen LogP contribution in [0.3, 0.4) is 0 Å². The van der Waals surface area contributed by atoms with Gasteiger partial charge in [0, 0.05) is 24.2 Å². The van der Waals surface area contributed by atoms with Crippen molar-refractivity contribution in [3.63, 3.8) is 0 Å². The molecule has 1 aromatic rings. The molecule has 0 saturated carbocycles. The zero-order valence-corrected chi connectivity index (χ0v) is 13.0. The minimum absolute atomic E-state index is 0.0349. The molecule has 4 N–H and O–H groups in total. The molecule has 0 radical (unpaired) electrons. The Morgan fingerprint density at radius 1 is 1.10 bits per heavy atom. The van der Waals surface area contributed by atoms with E-state index in [2.05, 4.69) is 21.5 Å². The monoisotopic (exact) mass is 308 g/mol. The summed E-state index contributed by atoms with van der Waals surface area (Å²) in [6.45, 7) is 4.52. The van der Waals surface area contributed by atoms with Gasteiger partial charge in [0.2, 0.25) is 5.91 Å². The predicted molar refractivity (Wildman–Crippen MR) is 86.9 cm³/mol. The Hall–Kier alpha value is -2.15. The average molecular weight is 308 g/mol. The average Bonchev–Trinajstić information content (AvgIpc) is 2.46. The Balaban J connectivity index is 2.51. The lowest BCUT2D eigenvalue weighted by Gasteiger charge is -2.10. The first kappa shape index (κ1) is 16.9. The van der Waals surface area contributed by atoms with Gasteiger partial charge in [-0.2, -0.15) is 0 Å². The molecule has 21 heavy (non-hydrogen) atoms. The second kappa shape index (κ2) is 8.91. The Bertz CT molecular complexity index is 502. The van der Waals surface area contributed by atoms with Gasteiger partial charge < -0.3 is 10.6 Å². The molecular weight excluding hydrogens is 288 g/mol. The fourth-order valence-electron chi connectivity index (χ4n) is 1.55. The summed E-state index contributed by atoms with van der Waals surface area (Å²) in [6.07, 6.45) is 1.28. The molecule has 2 amide bonds. The number of hydrazine groups is 1. The summed E-state index contributed by atoms with van der Waals surface area (Å²) in [5.74, 6) is -0.339. The lowest BCUT2D eigenvalue weighted by molar-refractivity contribution is -0.116. The van der Waals surface area contributed by atoms with Crippen LogP contribution in [0.5, 0.6) is 0 Å². The molecular formula is C14H20N4O2S. The summed E-state index contributed by atoms with van der Waals surface area (Å²) in [5, 5.41) is 5.97. The first-order chi connectivity index (χ1) is 10.1. The van der Waals surface area contributed by atoms with E-state index in [4.69, 9.17) is 12.2 Å². The number of thiocarbonyl (C=S) groups is 1. The molecule has 1 aromatic carbocycles. The molecule has 0 bridgehead atoms. The Morgan fingerprint density at radius 2 is 1.76 bits per heavy atom. The second-order valence-electron chi connectivity index (χ2n) is 4.31. The number of hydrogen-bond donors (Lipinski definition) is 4. The summed E-state index contributed by atoms with van der Waals surface area (Å²) in [5.41, 5.74) is 6.22. The van der Waals surface area contributed by atoms with Crippen molar-refractivity contribution in [2.75, 3.05) is 11.9 Å². The molecule has 114 valence electrons. The van der Waals surface area contributed by atoms with Gasteiger partial charge in [0.1, 0.15) is 0 Å². The first-order valence-electron chi connectivity index (χ1n) is 6.81. The molecule has 0 spiro atoms. The molecule has 0 atom stereocenters.